The molecule has 3 heterocycles. The van der Waals surface area contributed by atoms with E-state index >= 15 is 4.39 Å². The highest BCUT2D eigenvalue weighted by Crippen LogP contribution is 2.38. The molecule has 194 valence electrons. The van der Waals surface area contributed by atoms with E-state index in [4.69, 9.17) is 11.2 Å². The molecule has 8 nitrogen and oxygen atoms in total. The Morgan fingerprint density at radius 3 is 2.54 bits per heavy atom. The number of aromatic nitrogens is 3. The summed E-state index contributed by atoms with van der Waals surface area (Å²) in [6.45, 7) is 1.18. The fourth-order valence-corrected chi connectivity index (χ4v) is 7.54. The molecule has 2 aliphatic heterocycles. The second-order valence-electron chi connectivity index (χ2n) is 9.51. The van der Waals surface area contributed by atoms with Crippen LogP contribution in [0.5, 0.6) is 0 Å². The van der Waals surface area contributed by atoms with E-state index in [1.165, 1.54) is 10.4 Å². The number of benzene rings is 2. The van der Waals surface area contributed by atoms with Crippen LogP contribution in [0.1, 0.15) is 41.7 Å². The van der Waals surface area contributed by atoms with Gasteiger partial charge in [-0.3, -0.25) is 0 Å². The van der Waals surface area contributed by atoms with Crippen molar-refractivity contribution >= 4 is 15.7 Å². The molecular formula is C27H30FN5O3S. The summed E-state index contributed by atoms with van der Waals surface area (Å²) in [5.74, 6) is 2.14. The molecule has 37 heavy (non-hydrogen) atoms. The topological polar surface area (TPSA) is 80.6 Å². The minimum Gasteiger partial charge on any atom is -0.377 e. The zero-order valence-corrected chi connectivity index (χ0v) is 21.5. The van der Waals surface area contributed by atoms with Gasteiger partial charge in [-0.25, -0.2) is 12.8 Å². The number of terminal acetylenes is 1. The van der Waals surface area contributed by atoms with Crippen molar-refractivity contribution in [2.24, 2.45) is 0 Å². The highest BCUT2D eigenvalue weighted by molar-refractivity contribution is 7.89. The molecule has 5 rings (SSSR count). The molecule has 2 fully saturated rings. The zero-order valence-electron chi connectivity index (χ0n) is 20.6. The number of halogens is 1. The number of ether oxygens (including phenoxy) is 1. The summed E-state index contributed by atoms with van der Waals surface area (Å²) < 4.78 is 51.5. The van der Waals surface area contributed by atoms with Crippen molar-refractivity contribution in [2.75, 3.05) is 25.1 Å². The van der Waals surface area contributed by atoms with Gasteiger partial charge in [-0.05, 0) is 37.0 Å². The monoisotopic (exact) mass is 523 g/mol. The SMILES string of the molecule is C#C[C@H]1CC[C@H](c2ccccc2)S(=O)(=O)N1Cc1ccc(N2CC[C@@H](n3cnnc3)[C@@H](OC)C2)cc1F. The van der Waals surface area contributed by atoms with Gasteiger partial charge < -0.3 is 14.2 Å². The second-order valence-corrected chi connectivity index (χ2v) is 11.6. The van der Waals surface area contributed by atoms with Crippen LogP contribution < -0.4 is 4.90 Å². The van der Waals surface area contributed by atoms with Gasteiger partial charge in [0.05, 0.1) is 18.2 Å². The van der Waals surface area contributed by atoms with Crippen LogP contribution in [0.4, 0.5) is 10.1 Å². The minimum absolute atomic E-state index is 0.0999. The maximum absolute atomic E-state index is 15.4. The minimum atomic E-state index is -3.78. The van der Waals surface area contributed by atoms with Gasteiger partial charge in [0.1, 0.15) is 23.7 Å². The molecule has 3 aromatic rings. The fourth-order valence-electron chi connectivity index (χ4n) is 5.44. The predicted octanol–water partition coefficient (Wildman–Crippen LogP) is 3.55. The molecule has 10 heteroatoms. The summed E-state index contributed by atoms with van der Waals surface area (Å²) in [4.78, 5) is 2.08. The molecule has 0 unspecified atom stereocenters. The van der Waals surface area contributed by atoms with E-state index in [1.807, 2.05) is 41.0 Å². The Morgan fingerprint density at radius 2 is 1.86 bits per heavy atom. The highest BCUT2D eigenvalue weighted by Gasteiger charge is 2.42. The van der Waals surface area contributed by atoms with E-state index in [1.54, 1.807) is 25.8 Å². The van der Waals surface area contributed by atoms with Crippen molar-refractivity contribution in [2.45, 2.75) is 49.2 Å². The van der Waals surface area contributed by atoms with E-state index in [0.29, 0.717) is 31.5 Å². The Bertz CT molecular complexity index is 1360. The summed E-state index contributed by atoms with van der Waals surface area (Å²) in [5, 5.41) is 7.09. The summed E-state index contributed by atoms with van der Waals surface area (Å²) in [6, 6.07) is 13.6. The van der Waals surface area contributed by atoms with Crippen LogP contribution in [-0.4, -0.2) is 59.8 Å². The van der Waals surface area contributed by atoms with Crippen LogP contribution in [0.3, 0.4) is 0 Å². The highest BCUT2D eigenvalue weighted by atomic mass is 32.2. The summed E-state index contributed by atoms with van der Waals surface area (Å²) in [5.41, 5.74) is 1.74. The van der Waals surface area contributed by atoms with Gasteiger partial charge in [0, 0.05) is 38.0 Å². The third-order valence-electron chi connectivity index (χ3n) is 7.47. The fraction of sp³-hybridized carbons (Fsp3) is 0.407. The molecule has 0 aliphatic carbocycles. The first kappa shape index (κ1) is 25.4. The number of hydrogen-bond donors (Lipinski definition) is 0. The number of nitrogens with zero attached hydrogens (tertiary/aromatic N) is 5. The molecule has 0 bridgehead atoms. The number of hydrogen-bond acceptors (Lipinski definition) is 6. The Labute approximate surface area is 217 Å². The number of sulfonamides is 1. The van der Waals surface area contributed by atoms with Gasteiger partial charge in [0.25, 0.3) is 0 Å². The molecule has 2 aliphatic rings. The summed E-state index contributed by atoms with van der Waals surface area (Å²) >= 11 is 0. The van der Waals surface area contributed by atoms with Crippen LogP contribution in [0.15, 0.2) is 61.2 Å². The van der Waals surface area contributed by atoms with Crippen LogP contribution in [0.2, 0.25) is 0 Å². The summed E-state index contributed by atoms with van der Waals surface area (Å²) in [6.07, 6.45) is 10.7. The maximum atomic E-state index is 15.4. The van der Waals surface area contributed by atoms with Crippen LogP contribution in [0, 0.1) is 18.2 Å². The van der Waals surface area contributed by atoms with Crippen molar-refractivity contribution < 1.29 is 17.5 Å². The molecule has 0 amide bonds. The molecule has 4 atom stereocenters. The standard InChI is InChI=1S/C27H30FN5O3S/c1-3-22-11-12-27(20-7-5-4-6-8-20)37(34,35)33(22)16-21-9-10-23(15-24(21)28)31-14-13-25(26(17-31)36-2)32-18-29-30-19-32/h1,4-10,15,18-19,22,25-27H,11-14,16-17H2,2H3/t22-,25+,26-,27+/m0/s1. The normalized spacial score (nSPS) is 26.0. The van der Waals surface area contributed by atoms with Gasteiger partial charge in [0.2, 0.25) is 10.0 Å². The number of piperidine rings is 1. The lowest BCUT2D eigenvalue weighted by Gasteiger charge is -2.39. The van der Waals surface area contributed by atoms with E-state index in [-0.39, 0.29) is 18.7 Å². The van der Waals surface area contributed by atoms with Crippen molar-refractivity contribution in [1.29, 1.82) is 0 Å². The van der Waals surface area contributed by atoms with Crippen molar-refractivity contribution in [3.05, 3.63) is 78.1 Å². The smallest absolute Gasteiger partial charge is 0.222 e. The predicted molar refractivity (Wildman–Crippen MR) is 139 cm³/mol. The zero-order chi connectivity index (χ0) is 26.0. The van der Waals surface area contributed by atoms with Gasteiger partial charge in [-0.1, -0.05) is 42.3 Å². The quantitative estimate of drug-likeness (QED) is 0.460. The number of rotatable bonds is 6. The summed E-state index contributed by atoms with van der Waals surface area (Å²) in [7, 11) is -2.11. The second kappa shape index (κ2) is 10.6. The van der Waals surface area contributed by atoms with Gasteiger partial charge in [0.15, 0.2) is 0 Å². The Hall–Kier alpha value is -3.26. The molecular weight excluding hydrogens is 493 g/mol. The van der Waals surface area contributed by atoms with Crippen LogP contribution in [0.25, 0.3) is 0 Å². The van der Waals surface area contributed by atoms with Gasteiger partial charge in [-0.15, -0.1) is 16.6 Å². The number of anilines is 1. The van der Waals surface area contributed by atoms with E-state index in [2.05, 4.69) is 21.0 Å². The average Bonchev–Trinajstić information content (AvgIpc) is 3.45. The molecule has 0 radical (unpaired) electrons. The Morgan fingerprint density at radius 1 is 1.11 bits per heavy atom. The van der Waals surface area contributed by atoms with E-state index in [0.717, 1.165) is 17.7 Å². The molecule has 2 aromatic carbocycles. The molecule has 1 aromatic heterocycles. The third-order valence-corrected chi connectivity index (χ3v) is 9.74. The third kappa shape index (κ3) is 4.99. The number of methoxy groups -OCH3 is 1. The maximum Gasteiger partial charge on any atom is 0.222 e. The molecule has 0 spiro atoms. The van der Waals surface area contributed by atoms with Gasteiger partial charge >= 0.3 is 0 Å². The lowest BCUT2D eigenvalue weighted by molar-refractivity contribution is 0.0472. The molecule has 0 N–H and O–H groups in total. The van der Waals surface area contributed by atoms with Gasteiger partial charge in [-0.2, -0.15) is 4.31 Å². The first-order chi connectivity index (χ1) is 17.9. The Kier molecular flexibility index (Phi) is 7.29. The van der Waals surface area contributed by atoms with Crippen LogP contribution >= 0.6 is 0 Å². The lowest BCUT2D eigenvalue weighted by atomic mass is 10.0. The first-order valence-corrected chi connectivity index (χ1v) is 13.8. The lowest BCUT2D eigenvalue weighted by Crippen LogP contribution is -2.46. The average molecular weight is 524 g/mol. The van der Waals surface area contributed by atoms with E-state index in [9.17, 15) is 8.42 Å². The first-order valence-electron chi connectivity index (χ1n) is 12.3. The Balaban J connectivity index is 1.35. The van der Waals surface area contributed by atoms with Crippen molar-refractivity contribution in [3.8, 4) is 12.3 Å². The molecule has 0 saturated carbocycles. The largest absolute Gasteiger partial charge is 0.377 e. The van der Waals surface area contributed by atoms with Crippen molar-refractivity contribution in [1.82, 2.24) is 19.1 Å². The molecule has 2 saturated heterocycles. The van der Waals surface area contributed by atoms with Crippen molar-refractivity contribution in [3.63, 3.8) is 0 Å². The van der Waals surface area contributed by atoms with Crippen LogP contribution in [-0.2, 0) is 21.3 Å². The van der Waals surface area contributed by atoms with E-state index < -0.39 is 27.1 Å².